The Morgan fingerprint density at radius 2 is 2.00 bits per heavy atom. The summed E-state index contributed by atoms with van der Waals surface area (Å²) in [4.78, 5) is 7.66. The summed E-state index contributed by atoms with van der Waals surface area (Å²) in [5.74, 6) is 2.03. The highest BCUT2D eigenvalue weighted by molar-refractivity contribution is 5.91. The summed E-state index contributed by atoms with van der Waals surface area (Å²) in [6.07, 6.45) is 2.04. The van der Waals surface area contributed by atoms with Crippen molar-refractivity contribution in [3.8, 4) is 0 Å². The van der Waals surface area contributed by atoms with Crippen molar-refractivity contribution in [2.75, 3.05) is 13.2 Å². The lowest BCUT2D eigenvalue weighted by Gasteiger charge is -2.45. The molecule has 2 rings (SSSR count). The van der Waals surface area contributed by atoms with Gasteiger partial charge in [-0.05, 0) is 31.3 Å². The number of hydrogen-bond donors (Lipinski definition) is 1. The Morgan fingerprint density at radius 3 is 2.43 bits per heavy atom. The first-order chi connectivity index (χ1) is 9.65. The van der Waals surface area contributed by atoms with Crippen molar-refractivity contribution in [3.05, 3.63) is 11.3 Å². The van der Waals surface area contributed by atoms with Crippen molar-refractivity contribution in [2.45, 2.75) is 66.8 Å². The smallest absolute Gasteiger partial charge is 0.110 e. The normalized spacial score (nSPS) is 30.0. The molecule has 0 aromatic heterocycles. The fourth-order valence-corrected chi connectivity index (χ4v) is 3.69. The van der Waals surface area contributed by atoms with Crippen LogP contribution in [0.15, 0.2) is 16.3 Å². The summed E-state index contributed by atoms with van der Waals surface area (Å²) in [6.45, 7) is 17.0. The van der Waals surface area contributed by atoms with Gasteiger partial charge in [0.2, 0.25) is 0 Å². The van der Waals surface area contributed by atoms with Crippen LogP contribution in [0.1, 0.15) is 61.3 Å². The minimum Gasteiger partial charge on any atom is -0.396 e. The van der Waals surface area contributed by atoms with E-state index in [0.29, 0.717) is 11.8 Å². The molecule has 1 fully saturated rings. The molecule has 3 heteroatoms. The average molecular weight is 292 g/mol. The van der Waals surface area contributed by atoms with E-state index in [-0.39, 0.29) is 17.6 Å². The van der Waals surface area contributed by atoms with Crippen molar-refractivity contribution >= 4 is 5.84 Å². The predicted molar refractivity (Wildman–Crippen MR) is 89.3 cm³/mol. The molecule has 0 aliphatic carbocycles. The van der Waals surface area contributed by atoms with Gasteiger partial charge in [0.25, 0.3) is 0 Å². The third kappa shape index (κ3) is 2.65. The molecule has 2 aliphatic rings. The summed E-state index contributed by atoms with van der Waals surface area (Å²) in [6, 6.07) is 0. The van der Waals surface area contributed by atoms with E-state index >= 15 is 0 Å². The van der Waals surface area contributed by atoms with E-state index in [0.717, 1.165) is 19.4 Å². The first-order valence-electron chi connectivity index (χ1n) is 8.36. The molecule has 120 valence electrons. The maximum atomic E-state index is 9.61. The summed E-state index contributed by atoms with van der Waals surface area (Å²) in [5.41, 5.74) is 2.84. The van der Waals surface area contributed by atoms with E-state index in [4.69, 9.17) is 4.99 Å². The Labute approximate surface area is 130 Å². The molecule has 0 saturated carbocycles. The molecule has 2 heterocycles. The quantitative estimate of drug-likeness (QED) is 0.858. The largest absolute Gasteiger partial charge is 0.396 e. The van der Waals surface area contributed by atoms with E-state index in [9.17, 15) is 5.11 Å². The van der Waals surface area contributed by atoms with E-state index in [2.05, 4.69) is 53.4 Å². The number of rotatable bonds is 3. The van der Waals surface area contributed by atoms with Crippen molar-refractivity contribution in [3.63, 3.8) is 0 Å². The van der Waals surface area contributed by atoms with E-state index < -0.39 is 0 Å². The van der Waals surface area contributed by atoms with Gasteiger partial charge in [0.1, 0.15) is 5.84 Å². The summed E-state index contributed by atoms with van der Waals surface area (Å²) >= 11 is 0. The van der Waals surface area contributed by atoms with Crippen molar-refractivity contribution in [1.82, 2.24) is 4.90 Å². The first kappa shape index (κ1) is 16.5. The SMILES string of the molecule is CCC1=C2C[C@H](CO)CN2C(C(C)(C)C)=N[C@]1(C)C(C)C. The molecule has 0 aromatic rings. The molecule has 0 unspecified atom stereocenters. The first-order valence-corrected chi connectivity index (χ1v) is 8.36. The van der Waals surface area contributed by atoms with Crippen molar-refractivity contribution in [1.29, 1.82) is 0 Å². The number of aliphatic imine (C=N–C) groups is 1. The molecular weight excluding hydrogens is 260 g/mol. The van der Waals surface area contributed by atoms with Crippen LogP contribution in [0.25, 0.3) is 0 Å². The Balaban J connectivity index is 2.59. The number of aliphatic hydroxyl groups is 1. The maximum absolute atomic E-state index is 9.61. The lowest BCUT2D eigenvalue weighted by molar-refractivity contribution is 0.231. The minimum absolute atomic E-state index is 0.0328. The standard InChI is InChI=1S/C18H32N2O/c1-8-14-15-9-13(11-21)10-20(15)16(17(4,5)6)19-18(14,7)12(2)3/h12-13,21H,8-11H2,1-7H3/t13-,18+/m0/s1. The van der Waals surface area contributed by atoms with Gasteiger partial charge in [-0.1, -0.05) is 41.5 Å². The van der Waals surface area contributed by atoms with Crippen molar-refractivity contribution < 1.29 is 5.11 Å². The zero-order chi connectivity index (χ0) is 16.0. The molecule has 0 bridgehead atoms. The molecule has 1 N–H and O–H groups in total. The summed E-state index contributed by atoms with van der Waals surface area (Å²) in [5, 5.41) is 9.61. The number of allylic oxidation sites excluding steroid dienone is 1. The Kier molecular flexibility index (Phi) is 4.27. The second kappa shape index (κ2) is 5.42. The van der Waals surface area contributed by atoms with Gasteiger partial charge >= 0.3 is 0 Å². The summed E-state index contributed by atoms with van der Waals surface area (Å²) < 4.78 is 0. The predicted octanol–water partition coefficient (Wildman–Crippen LogP) is 3.84. The highest BCUT2D eigenvalue weighted by Gasteiger charge is 2.45. The molecule has 0 aromatic carbocycles. The molecule has 2 atom stereocenters. The molecule has 0 spiro atoms. The number of aliphatic hydroxyl groups excluding tert-OH is 1. The van der Waals surface area contributed by atoms with Crippen LogP contribution in [0.3, 0.4) is 0 Å². The highest BCUT2D eigenvalue weighted by Crippen LogP contribution is 2.45. The van der Waals surface area contributed by atoms with Gasteiger partial charge in [-0.25, -0.2) is 0 Å². The second-order valence-corrected chi connectivity index (χ2v) is 8.13. The Morgan fingerprint density at radius 1 is 1.38 bits per heavy atom. The van der Waals surface area contributed by atoms with Gasteiger partial charge in [0.15, 0.2) is 0 Å². The molecule has 21 heavy (non-hydrogen) atoms. The fourth-order valence-electron chi connectivity index (χ4n) is 3.69. The highest BCUT2D eigenvalue weighted by atomic mass is 16.3. The molecule has 3 nitrogen and oxygen atoms in total. The van der Waals surface area contributed by atoms with Crippen LogP contribution in [0.4, 0.5) is 0 Å². The zero-order valence-electron chi connectivity index (χ0n) is 14.8. The third-order valence-corrected chi connectivity index (χ3v) is 5.21. The van der Waals surface area contributed by atoms with E-state index in [1.54, 1.807) is 0 Å². The van der Waals surface area contributed by atoms with Gasteiger partial charge < -0.3 is 10.0 Å². The van der Waals surface area contributed by atoms with E-state index in [1.807, 2.05) is 0 Å². The van der Waals surface area contributed by atoms with Crippen LogP contribution in [0.2, 0.25) is 0 Å². The van der Waals surface area contributed by atoms with Crippen LogP contribution in [0.5, 0.6) is 0 Å². The monoisotopic (exact) mass is 292 g/mol. The van der Waals surface area contributed by atoms with Gasteiger partial charge in [-0.3, -0.25) is 4.99 Å². The molecule has 0 radical (unpaired) electrons. The van der Waals surface area contributed by atoms with Crippen LogP contribution in [0, 0.1) is 17.3 Å². The van der Waals surface area contributed by atoms with Crippen LogP contribution < -0.4 is 0 Å². The number of hydrogen-bond acceptors (Lipinski definition) is 3. The second-order valence-electron chi connectivity index (χ2n) is 8.13. The number of amidine groups is 1. The fraction of sp³-hybridized carbons (Fsp3) is 0.833. The van der Waals surface area contributed by atoms with Gasteiger partial charge in [0.05, 0.1) is 5.54 Å². The average Bonchev–Trinajstić information content (AvgIpc) is 2.80. The molecule has 2 aliphatic heterocycles. The van der Waals surface area contributed by atoms with Gasteiger partial charge in [0, 0.05) is 30.2 Å². The topological polar surface area (TPSA) is 35.8 Å². The zero-order valence-corrected chi connectivity index (χ0v) is 14.8. The third-order valence-electron chi connectivity index (χ3n) is 5.21. The summed E-state index contributed by atoms with van der Waals surface area (Å²) in [7, 11) is 0. The number of nitrogens with zero attached hydrogens (tertiary/aromatic N) is 2. The minimum atomic E-state index is -0.104. The van der Waals surface area contributed by atoms with Crippen molar-refractivity contribution in [2.24, 2.45) is 22.2 Å². The van der Waals surface area contributed by atoms with Crippen LogP contribution >= 0.6 is 0 Å². The van der Waals surface area contributed by atoms with Gasteiger partial charge in [-0.15, -0.1) is 0 Å². The van der Waals surface area contributed by atoms with E-state index in [1.165, 1.54) is 17.1 Å². The molecule has 1 saturated heterocycles. The maximum Gasteiger partial charge on any atom is 0.110 e. The lowest BCUT2D eigenvalue weighted by atomic mass is 9.76. The number of fused-ring (bicyclic) bond motifs is 1. The molecule has 0 amide bonds. The van der Waals surface area contributed by atoms with Gasteiger partial charge in [-0.2, -0.15) is 0 Å². The van der Waals surface area contributed by atoms with Crippen LogP contribution in [-0.2, 0) is 0 Å². The Hall–Kier alpha value is -0.830. The lowest BCUT2D eigenvalue weighted by Crippen LogP contribution is -2.47. The van der Waals surface area contributed by atoms with Crippen LogP contribution in [-0.4, -0.2) is 34.5 Å². The molecular formula is C18H32N2O. The Bertz CT molecular complexity index is 470.